The number of thiazole rings is 1. The molecule has 0 radical (unpaired) electrons. The molecule has 7 nitrogen and oxygen atoms in total. The van der Waals surface area contributed by atoms with E-state index in [0.29, 0.717) is 23.2 Å². The van der Waals surface area contributed by atoms with Gasteiger partial charge in [-0.3, -0.25) is 9.69 Å². The highest BCUT2D eigenvalue weighted by Crippen LogP contribution is 2.36. The minimum atomic E-state index is -0.693. The Morgan fingerprint density at radius 2 is 1.93 bits per heavy atom. The van der Waals surface area contributed by atoms with Crippen LogP contribution in [0.15, 0.2) is 36.4 Å². The number of hydrogen-bond donors (Lipinski definition) is 0. The standard InChI is InChI=1S/C20H19ClN2O5S/c1-4-23(20-22-14-7-5-6-8-16(14)29-20)17(24)11-28-19(25)12-9-13(21)18(27-3)15(10-12)26-2/h5-10H,4,11H2,1-3H3. The summed E-state index contributed by atoms with van der Waals surface area (Å²) in [6.45, 7) is 1.81. The molecule has 0 saturated heterocycles. The fourth-order valence-electron chi connectivity index (χ4n) is 2.72. The van der Waals surface area contributed by atoms with E-state index in [1.54, 1.807) is 0 Å². The largest absolute Gasteiger partial charge is 0.493 e. The molecule has 0 aliphatic carbocycles. The number of halogens is 1. The van der Waals surface area contributed by atoms with E-state index in [0.717, 1.165) is 10.2 Å². The van der Waals surface area contributed by atoms with Crippen LogP contribution >= 0.6 is 22.9 Å². The number of hydrogen-bond acceptors (Lipinski definition) is 7. The highest BCUT2D eigenvalue weighted by Gasteiger charge is 2.21. The van der Waals surface area contributed by atoms with Crippen molar-refractivity contribution in [2.24, 2.45) is 0 Å². The van der Waals surface area contributed by atoms with Gasteiger partial charge in [0, 0.05) is 6.54 Å². The van der Waals surface area contributed by atoms with Crippen LogP contribution in [0.3, 0.4) is 0 Å². The first-order valence-corrected chi connectivity index (χ1v) is 9.92. The molecular formula is C20H19ClN2O5S. The van der Waals surface area contributed by atoms with Crippen molar-refractivity contribution in [1.29, 1.82) is 0 Å². The summed E-state index contributed by atoms with van der Waals surface area (Å²) < 4.78 is 16.5. The van der Waals surface area contributed by atoms with Gasteiger partial charge in [0.25, 0.3) is 5.91 Å². The van der Waals surface area contributed by atoms with Gasteiger partial charge in [0.05, 0.1) is 35.0 Å². The Hall–Kier alpha value is -2.84. The zero-order chi connectivity index (χ0) is 21.0. The fourth-order valence-corrected chi connectivity index (χ4v) is 4.05. The number of aromatic nitrogens is 1. The van der Waals surface area contributed by atoms with Crippen LogP contribution in [-0.2, 0) is 9.53 Å². The predicted octanol–water partition coefficient (Wildman–Crippen LogP) is 4.18. The molecule has 0 N–H and O–H groups in total. The summed E-state index contributed by atoms with van der Waals surface area (Å²) >= 11 is 7.52. The average molecular weight is 435 g/mol. The van der Waals surface area contributed by atoms with Gasteiger partial charge in [-0.1, -0.05) is 35.1 Å². The summed E-state index contributed by atoms with van der Waals surface area (Å²) in [5.74, 6) is -0.453. The Balaban J connectivity index is 1.72. The Morgan fingerprint density at radius 1 is 1.17 bits per heavy atom. The second-order valence-electron chi connectivity index (χ2n) is 5.87. The van der Waals surface area contributed by atoms with E-state index in [9.17, 15) is 9.59 Å². The molecule has 0 bridgehead atoms. The number of esters is 1. The molecule has 29 heavy (non-hydrogen) atoms. The quantitative estimate of drug-likeness (QED) is 0.519. The third-order valence-corrected chi connectivity index (χ3v) is 5.47. The fraction of sp³-hybridized carbons (Fsp3) is 0.250. The smallest absolute Gasteiger partial charge is 0.338 e. The summed E-state index contributed by atoms with van der Waals surface area (Å²) in [6, 6.07) is 10.5. The molecule has 2 aromatic carbocycles. The van der Waals surface area contributed by atoms with Gasteiger partial charge in [0.2, 0.25) is 0 Å². The van der Waals surface area contributed by atoms with Crippen LogP contribution in [0.1, 0.15) is 17.3 Å². The molecule has 3 aromatic rings. The maximum absolute atomic E-state index is 12.6. The predicted molar refractivity (Wildman–Crippen MR) is 112 cm³/mol. The lowest BCUT2D eigenvalue weighted by atomic mass is 10.2. The maximum atomic E-state index is 12.6. The van der Waals surface area contributed by atoms with E-state index in [4.69, 9.17) is 25.8 Å². The van der Waals surface area contributed by atoms with Gasteiger partial charge < -0.3 is 14.2 Å². The van der Waals surface area contributed by atoms with Gasteiger partial charge in [0.1, 0.15) is 0 Å². The third-order valence-electron chi connectivity index (χ3n) is 4.13. The van der Waals surface area contributed by atoms with Crippen molar-refractivity contribution in [2.45, 2.75) is 6.92 Å². The molecular weight excluding hydrogens is 416 g/mol. The van der Waals surface area contributed by atoms with Crippen molar-refractivity contribution in [3.8, 4) is 11.5 Å². The molecule has 9 heteroatoms. The number of fused-ring (bicyclic) bond motifs is 1. The van der Waals surface area contributed by atoms with Gasteiger partial charge >= 0.3 is 5.97 Å². The van der Waals surface area contributed by atoms with Crippen LogP contribution < -0.4 is 14.4 Å². The lowest BCUT2D eigenvalue weighted by Crippen LogP contribution is -2.34. The van der Waals surface area contributed by atoms with E-state index in [2.05, 4.69) is 4.98 Å². The number of amides is 1. The first-order chi connectivity index (χ1) is 14.0. The molecule has 3 rings (SSSR count). The topological polar surface area (TPSA) is 78.0 Å². The Labute approximate surface area is 176 Å². The number of para-hydroxylation sites is 1. The Morgan fingerprint density at radius 3 is 2.59 bits per heavy atom. The average Bonchev–Trinajstić information content (AvgIpc) is 3.15. The van der Waals surface area contributed by atoms with Gasteiger partial charge in [-0.2, -0.15) is 0 Å². The van der Waals surface area contributed by atoms with E-state index in [1.807, 2.05) is 31.2 Å². The van der Waals surface area contributed by atoms with Crippen molar-refractivity contribution in [3.05, 3.63) is 47.0 Å². The summed E-state index contributed by atoms with van der Waals surface area (Å²) in [5.41, 5.74) is 0.971. The number of methoxy groups -OCH3 is 2. The second-order valence-corrected chi connectivity index (χ2v) is 7.29. The molecule has 0 spiro atoms. The maximum Gasteiger partial charge on any atom is 0.338 e. The number of carbonyl (C=O) groups is 2. The second kappa shape index (κ2) is 9.11. The summed E-state index contributed by atoms with van der Waals surface area (Å²) in [5, 5.41) is 0.763. The van der Waals surface area contributed by atoms with E-state index < -0.39 is 12.6 Å². The third kappa shape index (κ3) is 4.44. The van der Waals surface area contributed by atoms with Crippen LogP contribution in [0.25, 0.3) is 10.2 Å². The Bertz CT molecular complexity index is 1020. The van der Waals surface area contributed by atoms with Gasteiger partial charge in [-0.25, -0.2) is 9.78 Å². The van der Waals surface area contributed by atoms with E-state index in [-0.39, 0.29) is 16.5 Å². The molecule has 1 heterocycles. The first-order valence-electron chi connectivity index (χ1n) is 8.73. The SMILES string of the molecule is CCN(C(=O)COC(=O)c1cc(Cl)c(OC)c(OC)c1)c1nc2ccccc2s1. The highest BCUT2D eigenvalue weighted by molar-refractivity contribution is 7.22. The zero-order valence-corrected chi connectivity index (χ0v) is 17.7. The number of rotatable bonds is 7. The molecule has 0 unspecified atom stereocenters. The molecule has 0 aliphatic rings. The van der Waals surface area contributed by atoms with Crippen LogP contribution in [0.4, 0.5) is 5.13 Å². The van der Waals surface area contributed by atoms with E-state index in [1.165, 1.54) is 42.6 Å². The monoisotopic (exact) mass is 434 g/mol. The van der Waals surface area contributed by atoms with Crippen molar-refractivity contribution < 1.29 is 23.8 Å². The van der Waals surface area contributed by atoms with Crippen molar-refractivity contribution in [2.75, 3.05) is 32.3 Å². The number of likely N-dealkylation sites (N-methyl/N-ethyl adjacent to an activating group) is 1. The molecule has 152 valence electrons. The van der Waals surface area contributed by atoms with Crippen molar-refractivity contribution in [3.63, 3.8) is 0 Å². The normalized spacial score (nSPS) is 10.6. The van der Waals surface area contributed by atoms with E-state index >= 15 is 0 Å². The molecule has 0 atom stereocenters. The van der Waals surface area contributed by atoms with Crippen molar-refractivity contribution in [1.82, 2.24) is 4.98 Å². The minimum Gasteiger partial charge on any atom is -0.493 e. The van der Waals surface area contributed by atoms with Gasteiger partial charge in [0.15, 0.2) is 23.2 Å². The Kier molecular flexibility index (Phi) is 6.56. The molecule has 1 aromatic heterocycles. The van der Waals surface area contributed by atoms with Crippen LogP contribution in [0.5, 0.6) is 11.5 Å². The summed E-state index contributed by atoms with van der Waals surface area (Å²) in [6.07, 6.45) is 0. The molecule has 0 saturated carbocycles. The highest BCUT2D eigenvalue weighted by atomic mass is 35.5. The summed E-state index contributed by atoms with van der Waals surface area (Å²) in [7, 11) is 2.88. The van der Waals surface area contributed by atoms with Crippen LogP contribution in [-0.4, -0.2) is 44.2 Å². The number of anilines is 1. The summed E-state index contributed by atoms with van der Waals surface area (Å²) in [4.78, 5) is 31.0. The lowest BCUT2D eigenvalue weighted by molar-refractivity contribution is -0.121. The van der Waals surface area contributed by atoms with Gasteiger partial charge in [-0.05, 0) is 31.2 Å². The molecule has 0 aliphatic heterocycles. The van der Waals surface area contributed by atoms with Crippen LogP contribution in [0, 0.1) is 0 Å². The first kappa shape index (κ1) is 20.9. The zero-order valence-electron chi connectivity index (χ0n) is 16.1. The molecule has 0 fully saturated rings. The minimum absolute atomic E-state index is 0.156. The van der Waals surface area contributed by atoms with Crippen molar-refractivity contribution >= 4 is 50.2 Å². The number of ether oxygens (including phenoxy) is 3. The lowest BCUT2D eigenvalue weighted by Gasteiger charge is -2.17. The number of carbonyl (C=O) groups excluding carboxylic acids is 2. The number of nitrogens with zero attached hydrogens (tertiary/aromatic N) is 2. The van der Waals surface area contributed by atoms with Crippen LogP contribution in [0.2, 0.25) is 5.02 Å². The molecule has 1 amide bonds. The number of benzene rings is 2. The van der Waals surface area contributed by atoms with Gasteiger partial charge in [-0.15, -0.1) is 0 Å².